The Morgan fingerprint density at radius 2 is 1.07 bits per heavy atom. The molecular weight excluding hydrogens is 249 g/mol. The van der Waals surface area contributed by atoms with Crippen LogP contribution >= 0.6 is 9.30 Å². The van der Waals surface area contributed by atoms with Crippen molar-refractivity contribution in [2.45, 2.75) is 0 Å². The van der Waals surface area contributed by atoms with Gasteiger partial charge in [-0.25, -0.2) is 0 Å². The third kappa shape index (κ3) is 6.39. The van der Waals surface area contributed by atoms with Gasteiger partial charge in [0.15, 0.2) is 0 Å². The molecule has 6 nitrogen and oxygen atoms in total. The van der Waals surface area contributed by atoms with Gasteiger partial charge in [0, 0.05) is 0 Å². The summed E-state index contributed by atoms with van der Waals surface area (Å²) in [5.41, 5.74) is 0. The van der Waals surface area contributed by atoms with Gasteiger partial charge in [0.1, 0.15) is 0 Å². The van der Waals surface area contributed by atoms with E-state index < -0.39 is 32.2 Å². The Labute approximate surface area is 95.1 Å². The van der Waals surface area contributed by atoms with Gasteiger partial charge >= 0.3 is 95.1 Å². The van der Waals surface area contributed by atoms with E-state index >= 15 is 0 Å². The Balaban J connectivity index is 3.77. The SMILES string of the molecule is COB(OC)[O][Ti]([Cl])[O]B(OC)OC. The van der Waals surface area contributed by atoms with Gasteiger partial charge < -0.3 is 0 Å². The summed E-state index contributed by atoms with van der Waals surface area (Å²) < 4.78 is 29.3. The van der Waals surface area contributed by atoms with Crippen LogP contribution in [0, 0.1) is 0 Å². The van der Waals surface area contributed by atoms with E-state index in [0.29, 0.717) is 0 Å². The normalized spacial score (nSPS) is 10.1. The first-order chi connectivity index (χ1) is 6.67. The minimum absolute atomic E-state index is 0.822. The molecular formula is C4H12B2ClO6Ti. The van der Waals surface area contributed by atoms with E-state index in [9.17, 15) is 0 Å². The second kappa shape index (κ2) is 9.14. The molecule has 0 amide bonds. The van der Waals surface area contributed by atoms with Crippen LogP contribution in [0.1, 0.15) is 0 Å². The molecule has 0 spiro atoms. The Bertz CT molecular complexity index is 123. The van der Waals surface area contributed by atoms with Gasteiger partial charge in [0.2, 0.25) is 0 Å². The average Bonchev–Trinajstić information content (AvgIpc) is 2.22. The minimum atomic E-state index is -2.68. The zero-order valence-corrected chi connectivity index (χ0v) is 10.8. The van der Waals surface area contributed by atoms with Gasteiger partial charge in [-0.05, 0) is 0 Å². The Kier molecular flexibility index (Phi) is 9.73. The molecule has 0 atom stereocenters. The number of hydrogen-bond acceptors (Lipinski definition) is 6. The van der Waals surface area contributed by atoms with Crippen LogP contribution < -0.4 is 0 Å². The molecule has 0 unspecified atom stereocenters. The van der Waals surface area contributed by atoms with Gasteiger partial charge in [0.05, 0.1) is 0 Å². The molecule has 0 fully saturated rings. The second-order valence-electron chi connectivity index (χ2n) is 1.99. The molecule has 0 saturated heterocycles. The predicted octanol–water partition coefficient (Wildman–Crippen LogP) is 0.177. The van der Waals surface area contributed by atoms with Crippen molar-refractivity contribution in [1.82, 2.24) is 0 Å². The van der Waals surface area contributed by atoms with Crippen molar-refractivity contribution >= 4 is 23.9 Å². The summed E-state index contributed by atoms with van der Waals surface area (Å²) in [7, 11) is 9.87. The monoisotopic (exact) mass is 261 g/mol. The van der Waals surface area contributed by atoms with Gasteiger partial charge in [0.25, 0.3) is 0 Å². The molecule has 0 aromatic heterocycles. The number of rotatable bonds is 8. The van der Waals surface area contributed by atoms with E-state index in [1.165, 1.54) is 28.4 Å². The molecule has 14 heavy (non-hydrogen) atoms. The van der Waals surface area contributed by atoms with Crippen molar-refractivity contribution in [3.05, 3.63) is 0 Å². The van der Waals surface area contributed by atoms with Crippen molar-refractivity contribution in [2.24, 2.45) is 0 Å². The molecule has 0 rings (SSSR count). The van der Waals surface area contributed by atoms with Gasteiger partial charge in [-0.15, -0.1) is 0 Å². The predicted molar refractivity (Wildman–Crippen MR) is 47.6 cm³/mol. The fourth-order valence-electron chi connectivity index (χ4n) is 0.564. The van der Waals surface area contributed by atoms with E-state index in [1.54, 1.807) is 0 Å². The molecule has 0 N–H and O–H groups in total. The first-order valence-corrected chi connectivity index (χ1v) is 7.07. The number of hydrogen-bond donors (Lipinski definition) is 0. The molecule has 0 aromatic carbocycles. The molecule has 0 aliphatic rings. The molecule has 0 saturated carbocycles. The third-order valence-corrected chi connectivity index (χ3v) is 3.06. The molecule has 0 aliphatic carbocycles. The average molecular weight is 261 g/mol. The molecule has 0 bridgehead atoms. The zero-order valence-electron chi connectivity index (χ0n) is 8.48. The van der Waals surface area contributed by atoms with E-state index in [2.05, 4.69) is 0 Å². The van der Waals surface area contributed by atoms with Crippen LogP contribution in [0.2, 0.25) is 0 Å². The van der Waals surface area contributed by atoms with E-state index in [4.69, 9.17) is 34.4 Å². The molecule has 0 aromatic rings. The Hall–Kier alpha value is 0.894. The van der Waals surface area contributed by atoms with Crippen molar-refractivity contribution in [3.8, 4) is 0 Å². The number of halogens is 1. The van der Waals surface area contributed by atoms with Crippen molar-refractivity contribution in [3.63, 3.8) is 0 Å². The van der Waals surface area contributed by atoms with Crippen LogP contribution in [-0.4, -0.2) is 43.1 Å². The summed E-state index contributed by atoms with van der Waals surface area (Å²) in [5.74, 6) is 0. The van der Waals surface area contributed by atoms with E-state index in [-0.39, 0.29) is 0 Å². The van der Waals surface area contributed by atoms with Crippen LogP contribution in [0.3, 0.4) is 0 Å². The van der Waals surface area contributed by atoms with Crippen LogP contribution in [0.15, 0.2) is 0 Å². The van der Waals surface area contributed by atoms with Gasteiger partial charge in [-0.1, -0.05) is 0 Å². The topological polar surface area (TPSA) is 55.4 Å². The van der Waals surface area contributed by atoms with Crippen LogP contribution in [0.4, 0.5) is 0 Å². The Morgan fingerprint density at radius 1 is 0.786 bits per heavy atom. The standard InChI is InChI=1S/2C2H6BO3.ClH.Ti/c2*1-5-3(4)6-2;;/h2*1-2H3;1H;/q2*-1;;+3/p-1. The third-order valence-electron chi connectivity index (χ3n) is 1.15. The molecule has 10 heteroatoms. The van der Waals surface area contributed by atoms with E-state index in [0.717, 1.165) is 0 Å². The summed E-state index contributed by atoms with van der Waals surface area (Å²) in [4.78, 5) is 0. The zero-order chi connectivity index (χ0) is 11.0. The van der Waals surface area contributed by atoms with Crippen LogP contribution in [0.5, 0.6) is 0 Å². The Morgan fingerprint density at radius 3 is 1.29 bits per heavy atom. The summed E-state index contributed by atoms with van der Waals surface area (Å²) in [6, 6.07) is 0. The van der Waals surface area contributed by atoms with Gasteiger partial charge in [-0.3, -0.25) is 0 Å². The fraction of sp³-hybridized carbons (Fsp3) is 1.00. The summed E-state index contributed by atoms with van der Waals surface area (Å²) >= 11 is -2.68. The first-order valence-electron chi connectivity index (χ1n) is 3.64. The van der Waals surface area contributed by atoms with Crippen LogP contribution in [-0.2, 0) is 42.7 Å². The second-order valence-corrected chi connectivity index (χ2v) is 4.74. The summed E-state index contributed by atoms with van der Waals surface area (Å²) in [6.45, 7) is 0. The molecule has 0 heterocycles. The summed E-state index contributed by atoms with van der Waals surface area (Å²) in [6.07, 6.45) is 0. The van der Waals surface area contributed by atoms with Crippen molar-refractivity contribution in [1.29, 1.82) is 0 Å². The maximum absolute atomic E-state index is 5.79. The fourth-order valence-corrected chi connectivity index (χ4v) is 2.32. The van der Waals surface area contributed by atoms with Crippen LogP contribution in [0.25, 0.3) is 0 Å². The molecule has 81 valence electrons. The van der Waals surface area contributed by atoms with Crippen molar-refractivity contribution in [2.75, 3.05) is 28.4 Å². The van der Waals surface area contributed by atoms with E-state index in [1.807, 2.05) is 0 Å². The molecule has 0 radical (unpaired) electrons. The quantitative estimate of drug-likeness (QED) is 0.581. The maximum atomic E-state index is 5.79. The van der Waals surface area contributed by atoms with Crippen molar-refractivity contribution < 1.29 is 42.7 Å². The van der Waals surface area contributed by atoms with Gasteiger partial charge in [-0.2, -0.15) is 0 Å². The summed E-state index contributed by atoms with van der Waals surface area (Å²) in [5, 5.41) is 0. The molecule has 0 aliphatic heterocycles. The first kappa shape index (κ1) is 14.9.